The fourth-order valence-corrected chi connectivity index (χ4v) is 2.59. The van der Waals surface area contributed by atoms with Crippen LogP contribution < -0.4 is 0 Å². The molecule has 0 fully saturated rings. The normalized spacial score (nSPS) is 14.9. The van der Waals surface area contributed by atoms with Gasteiger partial charge in [0.15, 0.2) is 0 Å². The third-order valence-electron chi connectivity index (χ3n) is 3.19. The van der Waals surface area contributed by atoms with Crippen LogP contribution in [0.2, 0.25) is 0 Å². The molecule has 20 heavy (non-hydrogen) atoms. The quantitative estimate of drug-likeness (QED) is 0.737. The summed E-state index contributed by atoms with van der Waals surface area (Å²) in [5.41, 5.74) is 2.16. The van der Waals surface area contributed by atoms with Crippen molar-refractivity contribution in [3.63, 3.8) is 0 Å². The van der Waals surface area contributed by atoms with E-state index >= 15 is 0 Å². The molecule has 0 spiro atoms. The van der Waals surface area contributed by atoms with E-state index in [4.69, 9.17) is 16.3 Å². The smallest absolute Gasteiger partial charge is 0.410 e. The van der Waals surface area contributed by atoms with Gasteiger partial charge in [0.1, 0.15) is 11.4 Å². The first-order chi connectivity index (χ1) is 9.30. The zero-order chi connectivity index (χ0) is 14.9. The average Bonchev–Trinajstić information content (AvgIpc) is 2.34. The molecule has 110 valence electrons. The van der Waals surface area contributed by atoms with Gasteiger partial charge in [0, 0.05) is 19.0 Å². The van der Waals surface area contributed by atoms with Gasteiger partial charge >= 0.3 is 6.09 Å². The Labute approximate surface area is 123 Å². The van der Waals surface area contributed by atoms with Gasteiger partial charge in [-0.25, -0.2) is 9.18 Å². The predicted octanol–water partition coefficient (Wildman–Crippen LogP) is 3.86. The number of hydrogen-bond donors (Lipinski definition) is 0. The first-order valence-corrected chi connectivity index (χ1v) is 7.17. The van der Waals surface area contributed by atoms with Crippen LogP contribution in [0.25, 0.3) is 0 Å². The number of fused-ring (bicyclic) bond motifs is 1. The Bertz CT molecular complexity index is 525. The summed E-state index contributed by atoms with van der Waals surface area (Å²) in [4.78, 5) is 13.6. The lowest BCUT2D eigenvalue weighted by molar-refractivity contribution is 0.0223. The van der Waals surface area contributed by atoms with Crippen molar-refractivity contribution in [2.75, 3.05) is 6.54 Å². The van der Waals surface area contributed by atoms with Crippen molar-refractivity contribution >= 4 is 17.7 Å². The standard InChI is InChI=1S/C15H19ClFNO2/c1-15(2,3)20-14(19)18-5-4-13-10(8-16)6-12(17)7-11(13)9-18/h6-7H,4-5,8-9H2,1-3H3. The molecule has 1 aromatic rings. The van der Waals surface area contributed by atoms with Crippen LogP contribution in [0.4, 0.5) is 9.18 Å². The second kappa shape index (κ2) is 5.60. The van der Waals surface area contributed by atoms with E-state index in [0.717, 1.165) is 16.7 Å². The lowest BCUT2D eigenvalue weighted by atomic mass is 9.95. The van der Waals surface area contributed by atoms with E-state index in [1.54, 1.807) is 4.90 Å². The van der Waals surface area contributed by atoms with Gasteiger partial charge in [-0.1, -0.05) is 0 Å². The van der Waals surface area contributed by atoms with Crippen LogP contribution in [0.15, 0.2) is 12.1 Å². The Morgan fingerprint density at radius 1 is 1.45 bits per heavy atom. The highest BCUT2D eigenvalue weighted by atomic mass is 35.5. The summed E-state index contributed by atoms with van der Waals surface area (Å²) in [7, 11) is 0. The van der Waals surface area contributed by atoms with Gasteiger partial charge in [-0.15, -0.1) is 11.6 Å². The van der Waals surface area contributed by atoms with E-state index in [1.165, 1.54) is 12.1 Å². The summed E-state index contributed by atoms with van der Waals surface area (Å²) in [6.07, 6.45) is 0.316. The van der Waals surface area contributed by atoms with E-state index in [9.17, 15) is 9.18 Å². The summed E-state index contributed by atoms with van der Waals surface area (Å²) in [5, 5.41) is 0. The Morgan fingerprint density at radius 3 is 2.75 bits per heavy atom. The maximum atomic E-state index is 13.5. The molecule has 0 bridgehead atoms. The fourth-order valence-electron chi connectivity index (χ4n) is 2.35. The second-order valence-corrected chi connectivity index (χ2v) is 6.26. The maximum Gasteiger partial charge on any atom is 0.410 e. The van der Waals surface area contributed by atoms with Crippen LogP contribution in [-0.4, -0.2) is 23.1 Å². The zero-order valence-corrected chi connectivity index (χ0v) is 12.8. The van der Waals surface area contributed by atoms with E-state index in [2.05, 4.69) is 0 Å². The molecule has 0 unspecified atom stereocenters. The molecule has 0 saturated carbocycles. The summed E-state index contributed by atoms with van der Waals surface area (Å²) in [6, 6.07) is 2.94. The molecular weight excluding hydrogens is 281 g/mol. The van der Waals surface area contributed by atoms with Crippen LogP contribution in [0.1, 0.15) is 37.5 Å². The van der Waals surface area contributed by atoms with Crippen LogP contribution in [0, 0.1) is 5.82 Å². The molecular formula is C15H19ClFNO2. The van der Waals surface area contributed by atoms with Crippen molar-refractivity contribution in [2.45, 2.75) is 45.2 Å². The lowest BCUT2D eigenvalue weighted by Gasteiger charge is -2.32. The van der Waals surface area contributed by atoms with Crippen LogP contribution in [-0.2, 0) is 23.6 Å². The molecule has 0 saturated heterocycles. The molecule has 1 aliphatic heterocycles. The monoisotopic (exact) mass is 299 g/mol. The Hall–Kier alpha value is -1.29. The number of amides is 1. The summed E-state index contributed by atoms with van der Waals surface area (Å²) >= 11 is 5.85. The minimum absolute atomic E-state index is 0.284. The highest BCUT2D eigenvalue weighted by Crippen LogP contribution is 2.26. The first-order valence-electron chi connectivity index (χ1n) is 6.64. The van der Waals surface area contributed by atoms with Gasteiger partial charge in [-0.2, -0.15) is 0 Å². The molecule has 0 aromatic heterocycles. The molecule has 1 heterocycles. The van der Waals surface area contributed by atoms with Crippen LogP contribution in [0.5, 0.6) is 0 Å². The van der Waals surface area contributed by atoms with Crippen molar-refractivity contribution in [1.29, 1.82) is 0 Å². The summed E-state index contributed by atoms with van der Waals surface area (Å²) < 4.78 is 18.9. The van der Waals surface area contributed by atoms with Gasteiger partial charge in [-0.05, 0) is 56.0 Å². The highest BCUT2D eigenvalue weighted by molar-refractivity contribution is 6.17. The molecule has 0 N–H and O–H groups in total. The number of hydrogen-bond acceptors (Lipinski definition) is 2. The topological polar surface area (TPSA) is 29.5 Å². The molecule has 1 amide bonds. The van der Waals surface area contributed by atoms with Crippen LogP contribution in [0.3, 0.4) is 0 Å². The molecule has 1 aliphatic rings. The van der Waals surface area contributed by atoms with Gasteiger partial charge in [0.2, 0.25) is 0 Å². The largest absolute Gasteiger partial charge is 0.444 e. The Balaban J connectivity index is 2.19. The number of nitrogens with zero attached hydrogens (tertiary/aromatic N) is 1. The molecule has 0 atom stereocenters. The second-order valence-electron chi connectivity index (χ2n) is 5.99. The fraction of sp³-hybridized carbons (Fsp3) is 0.533. The van der Waals surface area contributed by atoms with Gasteiger partial charge < -0.3 is 9.64 Å². The molecule has 1 aromatic carbocycles. The van der Waals surface area contributed by atoms with Gasteiger partial charge in [0.05, 0.1) is 0 Å². The molecule has 3 nitrogen and oxygen atoms in total. The third kappa shape index (κ3) is 3.42. The number of ether oxygens (including phenoxy) is 1. The number of rotatable bonds is 1. The van der Waals surface area contributed by atoms with Gasteiger partial charge in [-0.3, -0.25) is 0 Å². The highest BCUT2D eigenvalue weighted by Gasteiger charge is 2.27. The number of alkyl halides is 1. The van der Waals surface area contributed by atoms with E-state index in [1.807, 2.05) is 20.8 Å². The summed E-state index contributed by atoms with van der Waals surface area (Å²) in [5.74, 6) is -0.0302. The zero-order valence-electron chi connectivity index (χ0n) is 12.0. The lowest BCUT2D eigenvalue weighted by Crippen LogP contribution is -2.40. The van der Waals surface area contributed by atoms with E-state index < -0.39 is 5.60 Å². The van der Waals surface area contributed by atoms with Crippen molar-refractivity contribution in [3.05, 3.63) is 34.6 Å². The predicted molar refractivity (Wildman–Crippen MR) is 76.3 cm³/mol. The minimum atomic E-state index is -0.527. The van der Waals surface area contributed by atoms with E-state index in [-0.39, 0.29) is 17.8 Å². The Kier molecular flexibility index (Phi) is 4.23. The molecule has 2 rings (SSSR count). The molecule has 5 heteroatoms. The summed E-state index contributed by atoms with van der Waals surface area (Å²) in [6.45, 7) is 6.42. The number of carbonyl (C=O) groups excluding carboxylic acids is 1. The number of halogens is 2. The average molecular weight is 300 g/mol. The molecule has 0 aliphatic carbocycles. The van der Waals surface area contributed by atoms with Crippen molar-refractivity contribution < 1.29 is 13.9 Å². The SMILES string of the molecule is CC(C)(C)OC(=O)N1CCc2c(CCl)cc(F)cc2C1. The number of carbonyl (C=O) groups is 1. The van der Waals surface area contributed by atoms with Crippen LogP contribution >= 0.6 is 11.6 Å². The van der Waals surface area contributed by atoms with Crippen molar-refractivity contribution in [2.24, 2.45) is 0 Å². The Morgan fingerprint density at radius 2 is 2.15 bits per heavy atom. The third-order valence-corrected chi connectivity index (χ3v) is 3.48. The maximum absolute atomic E-state index is 13.5. The number of benzene rings is 1. The van der Waals surface area contributed by atoms with Crippen molar-refractivity contribution in [3.8, 4) is 0 Å². The minimum Gasteiger partial charge on any atom is -0.444 e. The van der Waals surface area contributed by atoms with E-state index in [0.29, 0.717) is 19.5 Å². The first kappa shape index (κ1) is 15.1. The van der Waals surface area contributed by atoms with Gasteiger partial charge in [0.25, 0.3) is 0 Å². The molecule has 0 radical (unpaired) electrons. The van der Waals surface area contributed by atoms with Crippen molar-refractivity contribution in [1.82, 2.24) is 4.90 Å².